The molecule has 4 aliphatic rings. The van der Waals surface area contributed by atoms with Crippen molar-refractivity contribution in [3.05, 3.63) is 249 Å². The quantitative estimate of drug-likeness (QED) is 0.164. The number of aromatic nitrogens is 1. The first-order valence-electron chi connectivity index (χ1n) is 25.4. The first-order chi connectivity index (χ1) is 36.3. The fourth-order valence-corrected chi connectivity index (χ4v) is 13.8. The van der Waals surface area contributed by atoms with Crippen LogP contribution in [-0.4, -0.2) is 17.8 Å². The summed E-state index contributed by atoms with van der Waals surface area (Å²) in [6.45, 7) is -0.134. The second-order valence-corrected chi connectivity index (χ2v) is 19.9. The monoisotopic (exact) mass is 925 g/mol. The van der Waals surface area contributed by atoms with Crippen LogP contribution in [0.1, 0.15) is 0 Å². The third-order valence-electron chi connectivity index (χ3n) is 16.4. The number of para-hydroxylation sites is 7. The molecule has 0 N–H and O–H groups in total. The maximum atomic E-state index is 2.68. The van der Waals surface area contributed by atoms with Crippen LogP contribution in [0.5, 0.6) is 0 Å². The molecule has 4 aliphatic heterocycles. The van der Waals surface area contributed by atoms with Crippen LogP contribution in [0.2, 0.25) is 0 Å². The number of benzene rings is 11. The van der Waals surface area contributed by atoms with E-state index in [2.05, 4.69) is 273 Å². The summed E-state index contributed by atoms with van der Waals surface area (Å²) >= 11 is 0. The van der Waals surface area contributed by atoms with Crippen LogP contribution in [0, 0.1) is 0 Å². The molecule has 11 aromatic carbocycles. The highest BCUT2D eigenvalue weighted by molar-refractivity contribution is 7.03. The predicted molar refractivity (Wildman–Crippen MR) is 309 cm³/mol. The lowest BCUT2D eigenvalue weighted by atomic mass is 9.32. The summed E-state index contributed by atoms with van der Waals surface area (Å²) in [7, 11) is 0. The highest BCUT2D eigenvalue weighted by atomic mass is 15.2. The molecule has 0 radical (unpaired) electrons. The fraction of sp³-hybridized carbons (Fsp3) is 0. The summed E-state index contributed by atoms with van der Waals surface area (Å²) in [5.41, 5.74) is 25.9. The van der Waals surface area contributed by atoms with Crippen LogP contribution in [0.4, 0.5) is 68.2 Å². The van der Waals surface area contributed by atoms with E-state index in [1.54, 1.807) is 0 Å². The van der Waals surface area contributed by atoms with E-state index < -0.39 is 0 Å². The van der Waals surface area contributed by atoms with E-state index in [0.717, 1.165) is 22.7 Å². The van der Waals surface area contributed by atoms with E-state index in [1.165, 1.54) is 116 Å². The van der Waals surface area contributed by atoms with Gasteiger partial charge in [0, 0.05) is 89.8 Å². The van der Waals surface area contributed by atoms with Gasteiger partial charge in [-0.05, 0) is 136 Å². The Hall–Kier alpha value is -9.45. The molecule has 0 amide bonds. The molecule has 0 bridgehead atoms. The zero-order chi connectivity index (χ0) is 47.5. The van der Waals surface area contributed by atoms with Gasteiger partial charge in [0.15, 0.2) is 0 Å². The van der Waals surface area contributed by atoms with Crippen molar-refractivity contribution in [1.29, 1.82) is 0 Å². The Morgan fingerprint density at radius 1 is 0.247 bits per heavy atom. The molecule has 0 fully saturated rings. The first-order valence-corrected chi connectivity index (χ1v) is 25.4. The van der Waals surface area contributed by atoms with Gasteiger partial charge in [-0.25, -0.2) is 0 Å². The second-order valence-electron chi connectivity index (χ2n) is 19.9. The zero-order valence-electron chi connectivity index (χ0n) is 39.6. The van der Waals surface area contributed by atoms with E-state index in [9.17, 15) is 0 Å². The first kappa shape index (κ1) is 39.3. The normalized spacial score (nSPS) is 13.9. The van der Waals surface area contributed by atoms with Gasteiger partial charge in [0.25, 0.3) is 13.4 Å². The Bertz CT molecular complexity index is 4410. The van der Waals surface area contributed by atoms with Crippen molar-refractivity contribution >= 4 is 153 Å². The molecule has 13 aromatic rings. The molecule has 73 heavy (non-hydrogen) atoms. The third kappa shape index (κ3) is 5.08. The standard InChI is InChI=1S/C66H41B2N5/c1-5-21-42(22-6-1)69-52-33-17-14-30-49(52)67-61-54(69)35-20-38-57(61)72(45-27-11-4-12-28-45)59-41-48-46-29-13-16-32-51(46)73-65(48)60(63(59)67)47-39-40-58-64(66(47)73)68-50-31-15-18-34-53(50)70(43-23-7-2-8-24-43)55-36-19-37-56(62(55)68)71(58)44-25-9-3-10-26-44/h1-41H. The van der Waals surface area contributed by atoms with E-state index in [1.807, 2.05) is 0 Å². The summed E-state index contributed by atoms with van der Waals surface area (Å²) in [4.78, 5) is 10.1. The van der Waals surface area contributed by atoms with Crippen LogP contribution < -0.4 is 52.4 Å². The van der Waals surface area contributed by atoms with Gasteiger partial charge in [-0.15, -0.1) is 0 Å². The maximum Gasteiger partial charge on any atom is 0.254 e. The van der Waals surface area contributed by atoms with Crippen molar-refractivity contribution in [3.63, 3.8) is 0 Å². The highest BCUT2D eigenvalue weighted by Gasteiger charge is 2.48. The average molecular weight is 926 g/mol. The fourth-order valence-electron chi connectivity index (χ4n) is 13.8. The number of fused-ring (bicyclic) bond motifs is 16. The van der Waals surface area contributed by atoms with Gasteiger partial charge >= 0.3 is 0 Å². The van der Waals surface area contributed by atoms with Crippen molar-refractivity contribution < 1.29 is 0 Å². The van der Waals surface area contributed by atoms with E-state index in [4.69, 9.17) is 0 Å². The van der Waals surface area contributed by atoms with E-state index in [-0.39, 0.29) is 13.4 Å². The minimum Gasteiger partial charge on any atom is -0.311 e. The molecule has 0 saturated heterocycles. The molecule has 336 valence electrons. The predicted octanol–water partition coefficient (Wildman–Crippen LogP) is 13.0. The molecule has 5 nitrogen and oxygen atoms in total. The van der Waals surface area contributed by atoms with Crippen molar-refractivity contribution in [2.24, 2.45) is 0 Å². The van der Waals surface area contributed by atoms with Crippen LogP contribution in [-0.2, 0) is 0 Å². The second kappa shape index (κ2) is 14.6. The molecule has 2 aromatic heterocycles. The van der Waals surface area contributed by atoms with Gasteiger partial charge < -0.3 is 24.0 Å². The average Bonchev–Trinajstić information content (AvgIpc) is 3.98. The van der Waals surface area contributed by atoms with Gasteiger partial charge in [0.2, 0.25) is 0 Å². The van der Waals surface area contributed by atoms with Gasteiger partial charge in [-0.2, -0.15) is 0 Å². The maximum absolute atomic E-state index is 2.68. The lowest BCUT2D eigenvalue weighted by Crippen LogP contribution is -2.61. The Morgan fingerprint density at radius 3 is 1.16 bits per heavy atom. The van der Waals surface area contributed by atoms with E-state index >= 15 is 0 Å². The van der Waals surface area contributed by atoms with Crippen LogP contribution in [0.3, 0.4) is 0 Å². The van der Waals surface area contributed by atoms with Gasteiger partial charge in [-0.1, -0.05) is 146 Å². The third-order valence-corrected chi connectivity index (χ3v) is 16.4. The van der Waals surface area contributed by atoms with Crippen molar-refractivity contribution in [2.45, 2.75) is 0 Å². The number of nitrogens with zero attached hydrogens (tertiary/aromatic N) is 5. The topological polar surface area (TPSA) is 17.4 Å². The molecular weight excluding hydrogens is 884 g/mol. The van der Waals surface area contributed by atoms with Gasteiger partial charge in [-0.3, -0.25) is 0 Å². The zero-order valence-corrected chi connectivity index (χ0v) is 39.6. The Balaban J connectivity index is 1.06. The molecule has 0 spiro atoms. The number of hydrogen-bond acceptors (Lipinski definition) is 4. The molecule has 17 rings (SSSR count). The molecule has 0 saturated carbocycles. The Morgan fingerprint density at radius 2 is 0.644 bits per heavy atom. The van der Waals surface area contributed by atoms with Crippen LogP contribution >= 0.6 is 0 Å². The molecular formula is C66H41B2N5. The summed E-state index contributed by atoms with van der Waals surface area (Å²) < 4.78 is 2.68. The highest BCUT2D eigenvalue weighted by Crippen LogP contribution is 2.51. The minimum atomic E-state index is -0.0726. The SMILES string of the molecule is c1ccc(N2c3ccccc3B3c4c2cccc4N(c2ccccc2)c2cc4c5ccccc5n5c6c7c(ccc6c(c23)c45)N(c2ccccc2)c2cccc3c2B7c2ccccc2N3c2ccccc2)cc1. The summed E-state index contributed by atoms with van der Waals surface area (Å²) in [6, 6.07) is 92.7. The van der Waals surface area contributed by atoms with E-state index in [0.29, 0.717) is 0 Å². The van der Waals surface area contributed by atoms with Crippen molar-refractivity contribution in [2.75, 3.05) is 19.6 Å². The number of hydrogen-bond donors (Lipinski definition) is 0. The smallest absolute Gasteiger partial charge is 0.254 e. The molecule has 0 unspecified atom stereocenters. The van der Waals surface area contributed by atoms with Crippen molar-refractivity contribution in [1.82, 2.24) is 4.40 Å². The summed E-state index contributed by atoms with van der Waals surface area (Å²) in [5.74, 6) is 0. The number of anilines is 12. The summed E-state index contributed by atoms with van der Waals surface area (Å²) in [5, 5.41) is 5.11. The van der Waals surface area contributed by atoms with Crippen LogP contribution in [0.25, 0.3) is 38.1 Å². The lowest BCUT2D eigenvalue weighted by Gasteiger charge is -2.44. The Kier molecular flexibility index (Phi) is 7.84. The molecule has 7 heteroatoms. The molecule has 6 heterocycles. The largest absolute Gasteiger partial charge is 0.311 e. The number of rotatable bonds is 4. The summed E-state index contributed by atoms with van der Waals surface area (Å²) in [6.07, 6.45) is 0. The van der Waals surface area contributed by atoms with Crippen LogP contribution in [0.15, 0.2) is 249 Å². The lowest BCUT2D eigenvalue weighted by molar-refractivity contribution is 1.25. The molecule has 0 aliphatic carbocycles. The Labute approximate surface area is 423 Å². The van der Waals surface area contributed by atoms with Crippen molar-refractivity contribution in [3.8, 4) is 0 Å². The minimum absolute atomic E-state index is 0.0619. The van der Waals surface area contributed by atoms with Gasteiger partial charge in [0.05, 0.1) is 16.6 Å². The van der Waals surface area contributed by atoms with Gasteiger partial charge in [0.1, 0.15) is 0 Å². The molecule has 0 atom stereocenters.